The molecule has 0 radical (unpaired) electrons. The van der Waals surface area contributed by atoms with Crippen molar-refractivity contribution in [2.75, 3.05) is 6.54 Å². The molecule has 3 rings (SSSR count). The normalized spacial score (nSPS) is 17.0. The molecule has 1 fully saturated rings. The lowest BCUT2D eigenvalue weighted by molar-refractivity contribution is -0.384. The van der Waals surface area contributed by atoms with Crippen LogP contribution in [0.15, 0.2) is 36.5 Å². The number of carboxylic acid groups (broad SMARTS) is 1. The minimum atomic E-state index is -1.02. The zero-order valence-electron chi connectivity index (χ0n) is 12.5. The molecule has 24 heavy (non-hydrogen) atoms. The van der Waals surface area contributed by atoms with Gasteiger partial charge in [-0.05, 0) is 31.0 Å². The number of carboxylic acids is 1. The van der Waals surface area contributed by atoms with Crippen molar-refractivity contribution >= 4 is 17.6 Å². The van der Waals surface area contributed by atoms with E-state index in [0.29, 0.717) is 25.1 Å². The van der Waals surface area contributed by atoms with E-state index in [4.69, 9.17) is 5.11 Å². The van der Waals surface area contributed by atoms with Crippen molar-refractivity contribution in [3.05, 3.63) is 52.3 Å². The molecule has 1 aromatic carbocycles. The molecule has 1 atom stereocenters. The molecule has 2 aromatic rings. The van der Waals surface area contributed by atoms with Gasteiger partial charge in [0.05, 0.1) is 10.6 Å². The highest BCUT2D eigenvalue weighted by atomic mass is 16.6. The summed E-state index contributed by atoms with van der Waals surface area (Å²) in [7, 11) is 0. The van der Waals surface area contributed by atoms with Crippen molar-refractivity contribution in [3.63, 3.8) is 0 Å². The van der Waals surface area contributed by atoms with Crippen LogP contribution in [-0.4, -0.2) is 49.2 Å². The van der Waals surface area contributed by atoms with Gasteiger partial charge in [0.15, 0.2) is 5.69 Å². The second-order valence-electron chi connectivity index (χ2n) is 5.41. The molecule has 9 nitrogen and oxygen atoms in total. The van der Waals surface area contributed by atoms with Gasteiger partial charge in [0, 0.05) is 24.9 Å². The first-order valence-corrected chi connectivity index (χ1v) is 7.31. The quantitative estimate of drug-likeness (QED) is 0.670. The third-order valence-corrected chi connectivity index (χ3v) is 3.93. The highest BCUT2D eigenvalue weighted by molar-refractivity contribution is 5.95. The van der Waals surface area contributed by atoms with E-state index in [-0.39, 0.29) is 11.4 Å². The SMILES string of the molecule is O=C(O)C1CCCN1C(=O)c1ccn(-c2ccc([N+](=O)[O-])cc2)n1. The van der Waals surface area contributed by atoms with Gasteiger partial charge in [-0.3, -0.25) is 14.9 Å². The fourth-order valence-corrected chi connectivity index (χ4v) is 2.72. The van der Waals surface area contributed by atoms with Gasteiger partial charge in [0.1, 0.15) is 6.04 Å². The molecule has 2 heterocycles. The van der Waals surface area contributed by atoms with Gasteiger partial charge in [0.25, 0.3) is 11.6 Å². The van der Waals surface area contributed by atoms with E-state index in [0.717, 1.165) is 0 Å². The van der Waals surface area contributed by atoms with Crippen molar-refractivity contribution in [1.82, 2.24) is 14.7 Å². The number of rotatable bonds is 4. The maximum Gasteiger partial charge on any atom is 0.326 e. The van der Waals surface area contributed by atoms with Crippen molar-refractivity contribution in [3.8, 4) is 5.69 Å². The van der Waals surface area contributed by atoms with Crippen LogP contribution in [0.3, 0.4) is 0 Å². The predicted octanol–water partition coefficient (Wildman–Crippen LogP) is 1.47. The highest BCUT2D eigenvalue weighted by Crippen LogP contribution is 2.20. The summed E-state index contributed by atoms with van der Waals surface area (Å²) in [6.45, 7) is 0.389. The maximum absolute atomic E-state index is 12.4. The van der Waals surface area contributed by atoms with Crippen molar-refractivity contribution in [2.45, 2.75) is 18.9 Å². The monoisotopic (exact) mass is 330 g/mol. The zero-order valence-corrected chi connectivity index (χ0v) is 12.5. The number of aliphatic carboxylic acids is 1. The van der Waals surface area contributed by atoms with Crippen LogP contribution in [0.2, 0.25) is 0 Å². The van der Waals surface area contributed by atoms with Gasteiger partial charge in [-0.25, -0.2) is 9.48 Å². The van der Waals surface area contributed by atoms with E-state index in [9.17, 15) is 19.7 Å². The summed E-state index contributed by atoms with van der Waals surface area (Å²) in [5.41, 5.74) is 0.668. The van der Waals surface area contributed by atoms with Crippen LogP contribution < -0.4 is 0 Å². The number of likely N-dealkylation sites (tertiary alicyclic amines) is 1. The summed E-state index contributed by atoms with van der Waals surface area (Å²) < 4.78 is 1.42. The fourth-order valence-electron chi connectivity index (χ4n) is 2.72. The molecule has 0 spiro atoms. The van der Waals surface area contributed by atoms with E-state index >= 15 is 0 Å². The van der Waals surface area contributed by atoms with Gasteiger partial charge in [-0.15, -0.1) is 0 Å². The van der Waals surface area contributed by atoms with Gasteiger partial charge < -0.3 is 10.0 Å². The Morgan fingerprint density at radius 2 is 1.96 bits per heavy atom. The topological polar surface area (TPSA) is 119 Å². The Balaban J connectivity index is 1.81. The second kappa shape index (κ2) is 6.11. The first-order chi connectivity index (χ1) is 11.5. The highest BCUT2D eigenvalue weighted by Gasteiger charge is 2.35. The number of nitro benzene ring substituents is 1. The standard InChI is InChI=1S/C15H14N4O5/c20-14(17-8-1-2-13(17)15(21)22)12-7-9-18(16-12)10-3-5-11(6-4-10)19(23)24/h3-7,9,13H,1-2,8H2,(H,21,22). The number of carbonyl (C=O) groups excluding carboxylic acids is 1. The Hall–Kier alpha value is -3.23. The molecule has 9 heteroatoms. The summed E-state index contributed by atoms with van der Waals surface area (Å²) in [5.74, 6) is -1.45. The van der Waals surface area contributed by atoms with Crippen LogP contribution in [-0.2, 0) is 4.79 Å². The predicted molar refractivity (Wildman–Crippen MR) is 81.9 cm³/mol. The summed E-state index contributed by atoms with van der Waals surface area (Å²) in [4.78, 5) is 35.1. The summed E-state index contributed by atoms with van der Waals surface area (Å²) >= 11 is 0. The molecule has 1 aromatic heterocycles. The van der Waals surface area contributed by atoms with Crippen molar-refractivity contribution in [1.29, 1.82) is 0 Å². The average molecular weight is 330 g/mol. The lowest BCUT2D eigenvalue weighted by Gasteiger charge is -2.20. The zero-order chi connectivity index (χ0) is 17.3. The van der Waals surface area contributed by atoms with Crippen LogP contribution in [0, 0.1) is 10.1 Å². The van der Waals surface area contributed by atoms with E-state index in [1.54, 1.807) is 6.20 Å². The number of amides is 1. The lowest BCUT2D eigenvalue weighted by Crippen LogP contribution is -2.40. The van der Waals surface area contributed by atoms with Gasteiger partial charge in [-0.2, -0.15) is 5.10 Å². The van der Waals surface area contributed by atoms with Crippen LogP contribution in [0.25, 0.3) is 5.69 Å². The smallest absolute Gasteiger partial charge is 0.326 e. The molecular formula is C15H14N4O5. The summed E-state index contributed by atoms with van der Waals surface area (Å²) in [6, 6.07) is 6.42. The first kappa shape index (κ1) is 15.7. The van der Waals surface area contributed by atoms with Crippen molar-refractivity contribution in [2.24, 2.45) is 0 Å². The van der Waals surface area contributed by atoms with Gasteiger partial charge in [0.2, 0.25) is 0 Å². The second-order valence-corrected chi connectivity index (χ2v) is 5.41. The van der Waals surface area contributed by atoms with E-state index in [2.05, 4.69) is 5.10 Å². The Bertz CT molecular complexity index is 798. The molecule has 1 unspecified atom stereocenters. The van der Waals surface area contributed by atoms with Crippen molar-refractivity contribution < 1.29 is 19.6 Å². The molecule has 124 valence electrons. The fraction of sp³-hybridized carbons (Fsp3) is 0.267. The van der Waals surface area contributed by atoms with E-state index in [1.807, 2.05) is 0 Å². The largest absolute Gasteiger partial charge is 0.480 e. The Morgan fingerprint density at radius 1 is 1.25 bits per heavy atom. The number of benzene rings is 1. The minimum absolute atomic E-state index is 0.0384. The molecule has 0 bridgehead atoms. The average Bonchev–Trinajstić information content (AvgIpc) is 3.24. The molecule has 0 aliphatic carbocycles. The number of hydrogen-bond donors (Lipinski definition) is 1. The molecule has 1 aliphatic rings. The number of nitro groups is 1. The Morgan fingerprint density at radius 3 is 2.58 bits per heavy atom. The van der Waals surface area contributed by atoms with Crippen LogP contribution in [0.5, 0.6) is 0 Å². The third-order valence-electron chi connectivity index (χ3n) is 3.93. The van der Waals surface area contributed by atoms with E-state index < -0.39 is 22.8 Å². The van der Waals surface area contributed by atoms with E-state index in [1.165, 1.54) is 39.9 Å². The van der Waals surface area contributed by atoms with Crippen LogP contribution >= 0.6 is 0 Å². The third kappa shape index (κ3) is 2.83. The molecule has 1 saturated heterocycles. The summed E-state index contributed by atoms with van der Waals surface area (Å²) in [5, 5.41) is 24.0. The van der Waals surface area contributed by atoms with Crippen LogP contribution in [0.1, 0.15) is 23.3 Å². The number of aromatic nitrogens is 2. The lowest BCUT2D eigenvalue weighted by atomic mass is 10.2. The number of nitrogens with zero attached hydrogens (tertiary/aromatic N) is 4. The number of non-ortho nitro benzene ring substituents is 1. The molecule has 1 aliphatic heterocycles. The van der Waals surface area contributed by atoms with Gasteiger partial charge >= 0.3 is 5.97 Å². The Labute approximate surface area is 136 Å². The Kier molecular flexibility index (Phi) is 3.98. The minimum Gasteiger partial charge on any atom is -0.480 e. The summed E-state index contributed by atoms with van der Waals surface area (Å²) in [6.07, 6.45) is 2.64. The number of carbonyl (C=O) groups is 2. The molecular weight excluding hydrogens is 316 g/mol. The molecule has 1 amide bonds. The maximum atomic E-state index is 12.4. The van der Waals surface area contributed by atoms with Crippen LogP contribution in [0.4, 0.5) is 5.69 Å². The molecule has 0 saturated carbocycles. The number of hydrogen-bond acceptors (Lipinski definition) is 5. The molecule has 1 N–H and O–H groups in total. The first-order valence-electron chi connectivity index (χ1n) is 7.31. The van der Waals surface area contributed by atoms with Gasteiger partial charge in [-0.1, -0.05) is 0 Å².